The Hall–Kier alpha value is -1.39. The predicted octanol–water partition coefficient (Wildman–Crippen LogP) is 10.1. The van der Waals surface area contributed by atoms with E-state index >= 15 is 0 Å². The lowest BCUT2D eigenvalue weighted by Gasteiger charge is -2.56. The van der Waals surface area contributed by atoms with Gasteiger partial charge in [-0.2, -0.15) is 5.06 Å². The SMILES string of the molecule is CCCCCCCCCCCCCCC(=O)OC1CC(C)(C)N(OC(C)c2ccccc2)C(CC)(CC)C1. The average molecular weight is 530 g/mol. The Morgan fingerprint density at radius 2 is 1.37 bits per heavy atom. The molecule has 0 aliphatic carbocycles. The van der Waals surface area contributed by atoms with Crippen molar-refractivity contribution in [3.05, 3.63) is 35.9 Å². The molecule has 2 atom stereocenters. The fourth-order valence-corrected chi connectivity index (χ4v) is 6.32. The molecule has 0 spiro atoms. The highest BCUT2D eigenvalue weighted by atomic mass is 16.7. The molecule has 0 amide bonds. The number of ether oxygens (including phenoxy) is 1. The number of carbonyl (C=O) groups is 1. The van der Waals surface area contributed by atoms with E-state index in [2.05, 4.69) is 70.9 Å². The number of carbonyl (C=O) groups excluding carboxylic acids is 1. The van der Waals surface area contributed by atoms with Gasteiger partial charge in [0, 0.05) is 30.3 Å². The lowest BCUT2D eigenvalue weighted by atomic mass is 9.75. The van der Waals surface area contributed by atoms with Gasteiger partial charge in [-0.3, -0.25) is 9.63 Å². The second kappa shape index (κ2) is 17.3. The van der Waals surface area contributed by atoms with Crippen LogP contribution < -0.4 is 0 Å². The quantitative estimate of drug-likeness (QED) is 0.132. The van der Waals surface area contributed by atoms with Crippen molar-refractivity contribution in [2.24, 2.45) is 0 Å². The van der Waals surface area contributed by atoms with Crippen LogP contribution in [0.15, 0.2) is 30.3 Å². The van der Waals surface area contributed by atoms with E-state index in [1.54, 1.807) is 0 Å². The molecule has 2 rings (SSSR count). The molecule has 0 aromatic heterocycles. The van der Waals surface area contributed by atoms with Crippen molar-refractivity contribution >= 4 is 5.97 Å². The van der Waals surface area contributed by atoms with Crippen molar-refractivity contribution in [2.75, 3.05) is 0 Å². The van der Waals surface area contributed by atoms with E-state index in [0.29, 0.717) is 6.42 Å². The van der Waals surface area contributed by atoms with Gasteiger partial charge in [-0.1, -0.05) is 122 Å². The molecule has 1 fully saturated rings. The van der Waals surface area contributed by atoms with Crippen LogP contribution in [-0.4, -0.2) is 28.2 Å². The molecule has 2 unspecified atom stereocenters. The van der Waals surface area contributed by atoms with Crippen LogP contribution in [0.4, 0.5) is 0 Å². The van der Waals surface area contributed by atoms with Crippen LogP contribution in [0.5, 0.6) is 0 Å². The fraction of sp³-hybridized carbons (Fsp3) is 0.794. The van der Waals surface area contributed by atoms with Crippen LogP contribution >= 0.6 is 0 Å². The van der Waals surface area contributed by atoms with E-state index in [9.17, 15) is 4.79 Å². The van der Waals surface area contributed by atoms with Crippen molar-refractivity contribution < 1.29 is 14.4 Å². The summed E-state index contributed by atoms with van der Waals surface area (Å²) in [7, 11) is 0. The number of hydrogen-bond acceptors (Lipinski definition) is 4. The monoisotopic (exact) mass is 529 g/mol. The van der Waals surface area contributed by atoms with Gasteiger partial charge in [0.05, 0.1) is 0 Å². The van der Waals surface area contributed by atoms with E-state index in [0.717, 1.165) is 38.5 Å². The highest BCUT2D eigenvalue weighted by Gasteiger charge is 2.51. The molecule has 1 aromatic rings. The largest absolute Gasteiger partial charge is 0.462 e. The minimum atomic E-state index is -0.228. The van der Waals surface area contributed by atoms with Crippen LogP contribution in [0.2, 0.25) is 0 Å². The fourth-order valence-electron chi connectivity index (χ4n) is 6.32. The van der Waals surface area contributed by atoms with Crippen molar-refractivity contribution in [1.29, 1.82) is 0 Å². The summed E-state index contributed by atoms with van der Waals surface area (Å²) in [5.74, 6) is -0.0222. The number of unbranched alkanes of at least 4 members (excludes halogenated alkanes) is 11. The second-order valence-corrected chi connectivity index (χ2v) is 12.4. The molecule has 0 bridgehead atoms. The topological polar surface area (TPSA) is 38.8 Å². The van der Waals surface area contributed by atoms with E-state index < -0.39 is 0 Å². The number of piperidine rings is 1. The van der Waals surface area contributed by atoms with Gasteiger partial charge in [0.15, 0.2) is 0 Å². The first-order valence-electron chi connectivity index (χ1n) is 16.0. The molecule has 1 heterocycles. The first-order valence-corrected chi connectivity index (χ1v) is 16.0. The zero-order chi connectivity index (χ0) is 27.9. The first-order chi connectivity index (χ1) is 18.3. The summed E-state index contributed by atoms with van der Waals surface area (Å²) < 4.78 is 6.10. The predicted molar refractivity (Wildman–Crippen MR) is 160 cm³/mol. The minimum absolute atomic E-state index is 0.0222. The number of rotatable bonds is 19. The third kappa shape index (κ3) is 10.6. The number of hydroxylamine groups is 2. The van der Waals surface area contributed by atoms with Gasteiger partial charge >= 0.3 is 5.97 Å². The van der Waals surface area contributed by atoms with Gasteiger partial charge < -0.3 is 4.74 Å². The summed E-state index contributed by atoms with van der Waals surface area (Å²) >= 11 is 0. The molecule has 38 heavy (non-hydrogen) atoms. The maximum atomic E-state index is 12.8. The highest BCUT2D eigenvalue weighted by Crippen LogP contribution is 2.45. The highest BCUT2D eigenvalue weighted by molar-refractivity contribution is 5.69. The summed E-state index contributed by atoms with van der Waals surface area (Å²) in [5, 5.41) is 2.26. The molecule has 0 N–H and O–H groups in total. The second-order valence-electron chi connectivity index (χ2n) is 12.4. The molecule has 1 saturated heterocycles. The number of benzene rings is 1. The summed E-state index contributed by atoms with van der Waals surface area (Å²) in [6.07, 6.45) is 19.6. The molecule has 218 valence electrons. The standard InChI is InChI=1S/C34H59NO3/c1-7-10-11-12-13-14-15-16-17-18-19-23-26-32(36)37-31-27-33(5,6)35(34(8-2,9-3)28-31)38-29(4)30-24-21-20-22-25-30/h20-22,24-25,29,31H,7-19,23,26-28H2,1-6H3. The molecular weight excluding hydrogens is 470 g/mol. The number of hydrogen-bond donors (Lipinski definition) is 0. The minimum Gasteiger partial charge on any atom is -0.462 e. The lowest BCUT2D eigenvalue weighted by molar-refractivity contribution is -0.323. The van der Waals surface area contributed by atoms with Crippen LogP contribution in [0.25, 0.3) is 0 Å². The van der Waals surface area contributed by atoms with E-state index in [1.807, 2.05) is 6.07 Å². The molecular formula is C34H59NO3. The smallest absolute Gasteiger partial charge is 0.306 e. The average Bonchev–Trinajstić information content (AvgIpc) is 2.90. The first kappa shape index (κ1) is 32.8. The van der Waals surface area contributed by atoms with E-state index in [1.165, 1.54) is 69.8 Å². The van der Waals surface area contributed by atoms with Crippen LogP contribution in [0.1, 0.15) is 162 Å². The molecule has 0 radical (unpaired) electrons. The molecule has 0 saturated carbocycles. The normalized spacial score (nSPS) is 19.8. The van der Waals surface area contributed by atoms with Gasteiger partial charge in [-0.25, -0.2) is 0 Å². The van der Waals surface area contributed by atoms with Crippen molar-refractivity contribution in [1.82, 2.24) is 5.06 Å². The Morgan fingerprint density at radius 1 is 0.842 bits per heavy atom. The Balaban J connectivity index is 1.75. The van der Waals surface area contributed by atoms with Crippen LogP contribution in [-0.2, 0) is 14.4 Å². The third-order valence-corrected chi connectivity index (χ3v) is 8.70. The number of nitrogens with zero attached hydrogens (tertiary/aromatic N) is 1. The summed E-state index contributed by atoms with van der Waals surface area (Å²) in [6.45, 7) is 13.3. The number of esters is 1. The summed E-state index contributed by atoms with van der Waals surface area (Å²) in [4.78, 5) is 19.5. The third-order valence-electron chi connectivity index (χ3n) is 8.70. The van der Waals surface area contributed by atoms with Crippen LogP contribution in [0.3, 0.4) is 0 Å². The summed E-state index contributed by atoms with van der Waals surface area (Å²) in [5.41, 5.74) is 0.806. The Labute approximate surface area is 235 Å². The van der Waals surface area contributed by atoms with Gasteiger partial charge in [-0.15, -0.1) is 0 Å². The maximum absolute atomic E-state index is 12.8. The Kier molecular flexibility index (Phi) is 15.0. The van der Waals surface area contributed by atoms with Crippen molar-refractivity contribution in [2.45, 2.75) is 174 Å². The van der Waals surface area contributed by atoms with Gasteiger partial charge in [0.2, 0.25) is 0 Å². The maximum Gasteiger partial charge on any atom is 0.306 e. The lowest BCUT2D eigenvalue weighted by Crippen LogP contribution is -2.64. The summed E-state index contributed by atoms with van der Waals surface area (Å²) in [6, 6.07) is 10.4. The van der Waals surface area contributed by atoms with E-state index in [4.69, 9.17) is 9.57 Å². The van der Waals surface area contributed by atoms with Crippen molar-refractivity contribution in [3.63, 3.8) is 0 Å². The molecule has 1 aromatic carbocycles. The van der Waals surface area contributed by atoms with Crippen LogP contribution in [0, 0.1) is 0 Å². The zero-order valence-electron chi connectivity index (χ0n) is 25.7. The molecule has 4 heteroatoms. The molecule has 4 nitrogen and oxygen atoms in total. The zero-order valence-corrected chi connectivity index (χ0v) is 25.7. The van der Waals surface area contributed by atoms with Gasteiger partial charge in [0.1, 0.15) is 12.2 Å². The Bertz CT molecular complexity index is 758. The molecule has 1 aliphatic heterocycles. The van der Waals surface area contributed by atoms with Gasteiger partial charge in [-0.05, 0) is 45.6 Å². The van der Waals surface area contributed by atoms with Gasteiger partial charge in [0.25, 0.3) is 0 Å². The molecule has 1 aliphatic rings. The van der Waals surface area contributed by atoms with E-state index in [-0.39, 0.29) is 29.3 Å². The Morgan fingerprint density at radius 3 is 1.89 bits per heavy atom. The van der Waals surface area contributed by atoms with Crippen molar-refractivity contribution in [3.8, 4) is 0 Å².